The monoisotopic (exact) mass is 336 g/mol. The fourth-order valence-corrected chi connectivity index (χ4v) is 1.05. The van der Waals surface area contributed by atoms with Crippen LogP contribution in [0.4, 0.5) is 0 Å². The van der Waals surface area contributed by atoms with Gasteiger partial charge in [-0.25, -0.2) is 4.79 Å². The Balaban J connectivity index is 2.86. The van der Waals surface area contributed by atoms with Gasteiger partial charge in [-0.2, -0.15) is 0 Å². The maximum Gasteiger partial charge on any atom is 0.345 e. The van der Waals surface area contributed by atoms with Crippen molar-refractivity contribution < 1.29 is 9.53 Å². The summed E-state index contributed by atoms with van der Waals surface area (Å²) >= 11 is 4.08. The summed E-state index contributed by atoms with van der Waals surface area (Å²) in [5.74, 6) is -0.185. The summed E-state index contributed by atoms with van der Waals surface area (Å²) in [5.41, 5.74) is 0. The highest BCUT2D eigenvalue weighted by molar-refractivity contribution is 14.1. The van der Waals surface area contributed by atoms with Gasteiger partial charge < -0.3 is 4.74 Å². The minimum absolute atomic E-state index is 0.185. The second kappa shape index (κ2) is 2.51. The quantitative estimate of drug-likeness (QED) is 0.497. The van der Waals surface area contributed by atoms with Crippen molar-refractivity contribution in [3.05, 3.63) is 7.16 Å². The van der Waals surface area contributed by atoms with Crippen molar-refractivity contribution >= 4 is 51.2 Å². The molecular weight excluding hydrogens is 334 g/mol. The van der Waals surface area contributed by atoms with Gasteiger partial charge in [-0.05, 0) is 45.2 Å². The molecule has 0 aromatic carbocycles. The molecule has 0 saturated carbocycles. The van der Waals surface area contributed by atoms with Crippen LogP contribution >= 0.6 is 45.2 Å². The molecule has 2 nitrogen and oxygen atoms in total. The molecule has 1 aliphatic rings. The van der Waals surface area contributed by atoms with E-state index in [-0.39, 0.29) is 5.97 Å². The number of halogens is 2. The van der Waals surface area contributed by atoms with Crippen molar-refractivity contribution in [3.63, 3.8) is 0 Å². The second-order valence-corrected chi connectivity index (χ2v) is 3.68. The fourth-order valence-electron chi connectivity index (χ4n) is 0.366. The van der Waals surface area contributed by atoms with Crippen LogP contribution in [0.2, 0.25) is 0 Å². The molecule has 44 valence electrons. The molecule has 1 heterocycles. The number of carbonyl (C=O) groups is 1. The lowest BCUT2D eigenvalue weighted by Crippen LogP contribution is -1.93. The lowest BCUT2D eigenvalue weighted by Gasteiger charge is -1.84. The average molecular weight is 336 g/mol. The number of carbonyl (C=O) groups excluding carboxylic acids is 1. The van der Waals surface area contributed by atoms with Gasteiger partial charge in [0.25, 0.3) is 0 Å². The van der Waals surface area contributed by atoms with Gasteiger partial charge in [0, 0.05) is 3.58 Å². The summed E-state index contributed by atoms with van der Waals surface area (Å²) in [5, 5.41) is 0. The Morgan fingerprint density at radius 3 is 2.25 bits per heavy atom. The Hall–Kier alpha value is 0.670. The third-order valence-electron chi connectivity index (χ3n) is 0.747. The van der Waals surface area contributed by atoms with Crippen LogP contribution in [0.25, 0.3) is 0 Å². The van der Waals surface area contributed by atoms with Crippen molar-refractivity contribution in [2.24, 2.45) is 0 Å². The van der Waals surface area contributed by atoms with Crippen molar-refractivity contribution in [3.8, 4) is 0 Å². The van der Waals surface area contributed by atoms with Crippen molar-refractivity contribution in [2.75, 3.05) is 6.61 Å². The van der Waals surface area contributed by atoms with Crippen molar-refractivity contribution in [2.45, 2.75) is 0 Å². The normalized spacial score (nSPS) is 19.5. The third-order valence-corrected chi connectivity index (χ3v) is 3.72. The number of hydrogen-bond donors (Lipinski definition) is 0. The van der Waals surface area contributed by atoms with E-state index in [1.807, 2.05) is 22.6 Å². The first kappa shape index (κ1) is 6.79. The maximum absolute atomic E-state index is 10.5. The van der Waals surface area contributed by atoms with Crippen LogP contribution in [0.3, 0.4) is 0 Å². The van der Waals surface area contributed by atoms with Crippen LogP contribution in [0.15, 0.2) is 7.16 Å². The van der Waals surface area contributed by atoms with Gasteiger partial charge in [0.2, 0.25) is 0 Å². The summed E-state index contributed by atoms with van der Waals surface area (Å²) in [4.78, 5) is 10.5. The van der Waals surface area contributed by atoms with E-state index in [1.54, 1.807) is 0 Å². The first-order valence-corrected chi connectivity index (χ1v) is 4.09. The first-order valence-electron chi connectivity index (χ1n) is 1.93. The average Bonchev–Trinajstić information content (AvgIpc) is 1.98. The van der Waals surface area contributed by atoms with Crippen molar-refractivity contribution in [1.82, 2.24) is 0 Å². The SMILES string of the molecule is O=C1OCC(I)=C1I. The Morgan fingerprint density at radius 1 is 1.50 bits per heavy atom. The molecular formula is C4H2I2O2. The van der Waals surface area contributed by atoms with E-state index in [0.29, 0.717) is 6.61 Å². The Bertz CT molecular complexity index is 161. The standard InChI is InChI=1S/C4H2I2O2/c5-2-1-8-4(7)3(2)6/h1H2. The molecule has 1 rings (SSSR count). The minimum Gasteiger partial charge on any atom is -0.456 e. The number of cyclic esters (lactones) is 1. The summed E-state index contributed by atoms with van der Waals surface area (Å²) < 4.78 is 6.38. The molecule has 0 saturated heterocycles. The number of hydrogen-bond acceptors (Lipinski definition) is 2. The van der Waals surface area contributed by atoms with E-state index in [2.05, 4.69) is 27.3 Å². The van der Waals surface area contributed by atoms with Gasteiger partial charge in [0.1, 0.15) is 10.2 Å². The number of esters is 1. The lowest BCUT2D eigenvalue weighted by molar-refractivity contribution is -0.135. The van der Waals surface area contributed by atoms with Crippen LogP contribution in [0, 0.1) is 0 Å². The van der Waals surface area contributed by atoms with Crippen LogP contribution in [0.1, 0.15) is 0 Å². The molecule has 0 atom stereocenters. The van der Waals surface area contributed by atoms with Gasteiger partial charge >= 0.3 is 5.97 Å². The van der Waals surface area contributed by atoms with Crippen LogP contribution < -0.4 is 0 Å². The van der Waals surface area contributed by atoms with Gasteiger partial charge in [0.05, 0.1) is 0 Å². The Morgan fingerprint density at radius 2 is 2.12 bits per heavy atom. The van der Waals surface area contributed by atoms with E-state index in [4.69, 9.17) is 0 Å². The van der Waals surface area contributed by atoms with E-state index >= 15 is 0 Å². The largest absolute Gasteiger partial charge is 0.456 e. The topological polar surface area (TPSA) is 26.3 Å². The molecule has 0 unspecified atom stereocenters. The molecule has 0 spiro atoms. The zero-order valence-electron chi connectivity index (χ0n) is 3.78. The van der Waals surface area contributed by atoms with E-state index in [1.165, 1.54) is 0 Å². The molecule has 0 N–H and O–H groups in total. The summed E-state index contributed by atoms with van der Waals surface area (Å²) in [6.07, 6.45) is 0. The fraction of sp³-hybridized carbons (Fsp3) is 0.250. The molecule has 0 fully saturated rings. The van der Waals surface area contributed by atoms with Gasteiger partial charge in [-0.3, -0.25) is 0 Å². The van der Waals surface area contributed by atoms with Gasteiger partial charge in [0.15, 0.2) is 0 Å². The predicted molar refractivity (Wildman–Crippen MR) is 46.0 cm³/mol. The zero-order chi connectivity index (χ0) is 6.15. The van der Waals surface area contributed by atoms with Crippen LogP contribution in [-0.2, 0) is 9.53 Å². The summed E-state index contributed by atoms with van der Waals surface area (Å²) in [7, 11) is 0. The first-order chi connectivity index (χ1) is 3.72. The molecule has 4 heteroatoms. The molecule has 8 heavy (non-hydrogen) atoms. The highest BCUT2D eigenvalue weighted by Crippen LogP contribution is 2.26. The molecule has 0 bridgehead atoms. The molecule has 0 aromatic heterocycles. The van der Waals surface area contributed by atoms with Gasteiger partial charge in [-0.15, -0.1) is 0 Å². The van der Waals surface area contributed by atoms with Gasteiger partial charge in [-0.1, -0.05) is 0 Å². The van der Waals surface area contributed by atoms with Crippen molar-refractivity contribution in [1.29, 1.82) is 0 Å². The van der Waals surface area contributed by atoms with E-state index < -0.39 is 0 Å². The molecule has 0 radical (unpaired) electrons. The highest BCUT2D eigenvalue weighted by atomic mass is 127. The Kier molecular flexibility index (Phi) is 2.13. The third kappa shape index (κ3) is 1.15. The molecule has 0 aromatic rings. The Labute approximate surface area is 73.9 Å². The van der Waals surface area contributed by atoms with Crippen LogP contribution in [-0.4, -0.2) is 12.6 Å². The smallest absolute Gasteiger partial charge is 0.345 e. The minimum atomic E-state index is -0.185. The lowest BCUT2D eigenvalue weighted by atomic mass is 10.6. The summed E-state index contributed by atoms with van der Waals surface area (Å²) in [6.45, 7) is 0.470. The molecule has 0 aliphatic carbocycles. The predicted octanol–water partition coefficient (Wildman–Crippen LogP) is 1.62. The second-order valence-electron chi connectivity index (χ2n) is 1.30. The molecule has 0 amide bonds. The summed E-state index contributed by atoms with van der Waals surface area (Å²) in [6, 6.07) is 0. The van der Waals surface area contributed by atoms with Crippen LogP contribution in [0.5, 0.6) is 0 Å². The zero-order valence-corrected chi connectivity index (χ0v) is 8.09. The number of ether oxygens (including phenoxy) is 1. The van der Waals surface area contributed by atoms with E-state index in [9.17, 15) is 4.79 Å². The van der Waals surface area contributed by atoms with E-state index in [0.717, 1.165) is 7.16 Å². The maximum atomic E-state index is 10.5. The highest BCUT2D eigenvalue weighted by Gasteiger charge is 2.19. The number of rotatable bonds is 0. The molecule has 1 aliphatic heterocycles.